The van der Waals surface area contributed by atoms with Crippen molar-refractivity contribution in [1.29, 1.82) is 0 Å². The summed E-state index contributed by atoms with van der Waals surface area (Å²) in [4.78, 5) is 1.93. The van der Waals surface area contributed by atoms with Gasteiger partial charge in [-0.1, -0.05) is 37.6 Å². The van der Waals surface area contributed by atoms with Gasteiger partial charge < -0.3 is 0 Å². The normalized spacial score (nSPS) is 14.5. The molecule has 2 aromatic carbocycles. The number of aryl methyl sites for hydroxylation is 1. The van der Waals surface area contributed by atoms with Crippen molar-refractivity contribution in [3.63, 3.8) is 0 Å². The highest BCUT2D eigenvalue weighted by molar-refractivity contribution is 7.15. The molecule has 0 saturated heterocycles. The van der Waals surface area contributed by atoms with E-state index in [9.17, 15) is 8.78 Å². The lowest BCUT2D eigenvalue weighted by atomic mass is 9.84. The van der Waals surface area contributed by atoms with E-state index in [4.69, 9.17) is 0 Å². The van der Waals surface area contributed by atoms with Crippen LogP contribution in [-0.2, 0) is 6.42 Å². The monoisotopic (exact) mass is 354 g/mol. The first-order valence-corrected chi connectivity index (χ1v) is 9.66. The summed E-state index contributed by atoms with van der Waals surface area (Å²) in [6.07, 6.45) is 4.59. The van der Waals surface area contributed by atoms with Crippen LogP contribution in [0.5, 0.6) is 0 Å². The van der Waals surface area contributed by atoms with E-state index in [-0.39, 0.29) is 5.56 Å². The number of rotatable bonds is 4. The van der Waals surface area contributed by atoms with Gasteiger partial charge in [0, 0.05) is 9.75 Å². The van der Waals surface area contributed by atoms with Crippen molar-refractivity contribution < 1.29 is 8.78 Å². The van der Waals surface area contributed by atoms with Crippen molar-refractivity contribution in [3.05, 3.63) is 70.6 Å². The van der Waals surface area contributed by atoms with Crippen LogP contribution in [0.3, 0.4) is 0 Å². The lowest BCUT2D eigenvalue weighted by Gasteiger charge is -2.23. The number of halogens is 2. The van der Waals surface area contributed by atoms with Gasteiger partial charge in [0.1, 0.15) is 11.6 Å². The van der Waals surface area contributed by atoms with E-state index < -0.39 is 11.6 Å². The molecule has 0 atom stereocenters. The average molecular weight is 354 g/mol. The van der Waals surface area contributed by atoms with E-state index in [1.165, 1.54) is 53.2 Å². The Hall–Kier alpha value is -2.00. The van der Waals surface area contributed by atoms with Crippen LogP contribution in [0, 0.1) is 11.6 Å². The molecule has 1 aliphatic rings. The van der Waals surface area contributed by atoms with Gasteiger partial charge in [-0.25, -0.2) is 8.78 Å². The predicted octanol–water partition coefficient (Wildman–Crippen LogP) is 7.19. The van der Waals surface area contributed by atoms with Crippen molar-refractivity contribution in [2.75, 3.05) is 0 Å². The van der Waals surface area contributed by atoms with E-state index in [0.29, 0.717) is 16.4 Å². The van der Waals surface area contributed by atoms with Crippen LogP contribution in [0.25, 0.3) is 21.6 Å². The minimum atomic E-state index is -0.489. The Bertz CT molecular complexity index is 866. The molecule has 0 nitrogen and oxygen atoms in total. The SMILES string of the molecule is CCc1ccc(-c2cc(F)c(-c3ccc(C4CCC4)s3)c(F)c2)cc1. The molecule has 0 unspecified atom stereocenters. The highest BCUT2D eigenvalue weighted by Crippen LogP contribution is 2.43. The largest absolute Gasteiger partial charge is 0.206 e. The highest BCUT2D eigenvalue weighted by Gasteiger charge is 2.23. The zero-order chi connectivity index (χ0) is 17.4. The first-order chi connectivity index (χ1) is 12.2. The Balaban J connectivity index is 1.68. The van der Waals surface area contributed by atoms with E-state index in [1.807, 2.05) is 36.4 Å². The number of benzene rings is 2. The van der Waals surface area contributed by atoms with E-state index >= 15 is 0 Å². The first kappa shape index (κ1) is 16.5. The molecular weight excluding hydrogens is 334 g/mol. The molecule has 128 valence electrons. The number of hydrogen-bond donors (Lipinski definition) is 0. The minimum Gasteiger partial charge on any atom is -0.206 e. The van der Waals surface area contributed by atoms with Gasteiger partial charge in [0.25, 0.3) is 0 Å². The molecule has 3 aromatic rings. The second kappa shape index (κ2) is 6.72. The third-order valence-electron chi connectivity index (χ3n) is 5.12. The summed E-state index contributed by atoms with van der Waals surface area (Å²) >= 11 is 1.52. The summed E-state index contributed by atoms with van der Waals surface area (Å²) in [6.45, 7) is 2.09. The molecule has 25 heavy (non-hydrogen) atoms. The Morgan fingerprint density at radius 2 is 1.60 bits per heavy atom. The van der Waals surface area contributed by atoms with E-state index in [2.05, 4.69) is 6.92 Å². The fourth-order valence-corrected chi connectivity index (χ4v) is 4.53. The lowest BCUT2D eigenvalue weighted by molar-refractivity contribution is 0.426. The maximum atomic E-state index is 14.7. The Kier molecular flexibility index (Phi) is 4.43. The van der Waals surface area contributed by atoms with Crippen molar-refractivity contribution >= 4 is 11.3 Å². The van der Waals surface area contributed by atoms with Gasteiger partial charge >= 0.3 is 0 Å². The van der Waals surface area contributed by atoms with Gasteiger partial charge in [-0.2, -0.15) is 0 Å². The summed E-state index contributed by atoms with van der Waals surface area (Å²) in [7, 11) is 0. The molecule has 1 aliphatic carbocycles. The molecule has 0 spiro atoms. The highest BCUT2D eigenvalue weighted by atomic mass is 32.1. The van der Waals surface area contributed by atoms with E-state index in [0.717, 1.165) is 12.0 Å². The molecule has 0 N–H and O–H groups in total. The third kappa shape index (κ3) is 3.13. The summed E-state index contributed by atoms with van der Waals surface area (Å²) in [5.74, 6) is -0.394. The number of thiophene rings is 1. The van der Waals surface area contributed by atoms with Crippen molar-refractivity contribution in [2.24, 2.45) is 0 Å². The molecule has 4 rings (SSSR count). The molecule has 0 radical (unpaired) electrons. The van der Waals surface area contributed by atoms with Crippen LogP contribution in [0.4, 0.5) is 8.78 Å². The minimum absolute atomic E-state index is 0.101. The van der Waals surface area contributed by atoms with Gasteiger partial charge in [0.2, 0.25) is 0 Å². The molecule has 1 fully saturated rings. The topological polar surface area (TPSA) is 0 Å². The molecule has 1 aromatic heterocycles. The molecular formula is C22H20F2S. The van der Waals surface area contributed by atoms with Crippen LogP contribution in [0.2, 0.25) is 0 Å². The Morgan fingerprint density at radius 3 is 2.16 bits per heavy atom. The summed E-state index contributed by atoms with van der Waals surface area (Å²) in [6, 6.07) is 14.6. The second-order valence-electron chi connectivity index (χ2n) is 6.70. The maximum absolute atomic E-state index is 14.7. The van der Waals surface area contributed by atoms with Crippen molar-refractivity contribution in [2.45, 2.75) is 38.5 Å². The molecule has 0 aliphatic heterocycles. The fraction of sp³-hybridized carbons (Fsp3) is 0.273. The molecule has 0 amide bonds. The Labute approximate surface area is 151 Å². The van der Waals surface area contributed by atoms with Gasteiger partial charge in [0.05, 0.1) is 5.56 Å². The van der Waals surface area contributed by atoms with Crippen LogP contribution < -0.4 is 0 Å². The Morgan fingerprint density at radius 1 is 0.920 bits per heavy atom. The summed E-state index contributed by atoms with van der Waals surface area (Å²) < 4.78 is 29.4. The van der Waals surface area contributed by atoms with Crippen molar-refractivity contribution in [3.8, 4) is 21.6 Å². The van der Waals surface area contributed by atoms with Crippen LogP contribution >= 0.6 is 11.3 Å². The fourth-order valence-electron chi connectivity index (χ4n) is 3.31. The van der Waals surface area contributed by atoms with Crippen molar-refractivity contribution in [1.82, 2.24) is 0 Å². The summed E-state index contributed by atoms with van der Waals surface area (Å²) in [5.41, 5.74) is 2.73. The molecule has 3 heteroatoms. The van der Waals surface area contributed by atoms with Gasteiger partial charge in [-0.05, 0) is 66.1 Å². The standard InChI is InChI=1S/C22H20F2S/c1-2-14-6-8-15(9-7-14)17-12-18(23)22(19(24)13-17)21-11-10-20(25-21)16-4-3-5-16/h6-13,16H,2-5H2,1H3. The molecule has 0 bridgehead atoms. The van der Waals surface area contributed by atoms with E-state index in [1.54, 1.807) is 0 Å². The van der Waals surface area contributed by atoms with Crippen LogP contribution in [0.1, 0.15) is 42.5 Å². The van der Waals surface area contributed by atoms with Gasteiger partial charge in [0.15, 0.2) is 0 Å². The first-order valence-electron chi connectivity index (χ1n) is 8.84. The maximum Gasteiger partial charge on any atom is 0.135 e. The lowest BCUT2D eigenvalue weighted by Crippen LogP contribution is -2.06. The van der Waals surface area contributed by atoms with Crippen LogP contribution in [0.15, 0.2) is 48.5 Å². The van der Waals surface area contributed by atoms with Gasteiger partial charge in [-0.15, -0.1) is 11.3 Å². The second-order valence-corrected chi connectivity index (χ2v) is 7.81. The third-order valence-corrected chi connectivity index (χ3v) is 6.38. The molecule has 1 saturated carbocycles. The predicted molar refractivity (Wildman–Crippen MR) is 101 cm³/mol. The zero-order valence-electron chi connectivity index (χ0n) is 14.2. The number of hydrogen-bond acceptors (Lipinski definition) is 1. The quantitative estimate of drug-likeness (QED) is 0.465. The average Bonchev–Trinajstić information content (AvgIpc) is 3.01. The smallest absolute Gasteiger partial charge is 0.135 e. The zero-order valence-corrected chi connectivity index (χ0v) is 15.0. The van der Waals surface area contributed by atoms with Gasteiger partial charge in [-0.3, -0.25) is 0 Å². The molecule has 1 heterocycles. The summed E-state index contributed by atoms with van der Waals surface area (Å²) in [5, 5.41) is 0. The van der Waals surface area contributed by atoms with Crippen LogP contribution in [-0.4, -0.2) is 0 Å².